The summed E-state index contributed by atoms with van der Waals surface area (Å²) in [4.78, 5) is 30.6. The van der Waals surface area contributed by atoms with Crippen LogP contribution in [-0.4, -0.2) is 22.4 Å². The number of nitrogens with one attached hydrogen (secondary N) is 1. The summed E-state index contributed by atoms with van der Waals surface area (Å²) in [5.74, 6) is -0.571. The van der Waals surface area contributed by atoms with Crippen LogP contribution in [0.4, 0.5) is 10.1 Å². The molecule has 0 radical (unpaired) electrons. The maximum Gasteiger partial charge on any atom is 0.269 e. The number of methoxy groups -OCH3 is 1. The molecule has 2 aromatic heterocycles. The predicted molar refractivity (Wildman–Crippen MR) is 128 cm³/mol. The van der Waals surface area contributed by atoms with Crippen LogP contribution in [0.25, 0.3) is 11.7 Å². The smallest absolute Gasteiger partial charge is 0.269 e. The second kappa shape index (κ2) is 9.89. The van der Waals surface area contributed by atoms with Crippen molar-refractivity contribution in [3.63, 3.8) is 0 Å². The quantitative estimate of drug-likeness (QED) is 0.329. The molecule has 0 atom stereocenters. The van der Waals surface area contributed by atoms with Gasteiger partial charge in [0, 0.05) is 18.0 Å². The van der Waals surface area contributed by atoms with Crippen molar-refractivity contribution in [2.45, 2.75) is 6.92 Å². The molecule has 1 amide bonds. The van der Waals surface area contributed by atoms with E-state index in [1.807, 2.05) is 6.07 Å². The van der Waals surface area contributed by atoms with Crippen molar-refractivity contribution in [1.29, 1.82) is 5.26 Å². The third kappa shape index (κ3) is 5.02. The Hall–Kier alpha value is -4.97. The number of amides is 1. The van der Waals surface area contributed by atoms with Gasteiger partial charge in [0.1, 0.15) is 40.2 Å². The van der Waals surface area contributed by atoms with E-state index < -0.39 is 17.3 Å². The lowest BCUT2D eigenvalue weighted by Crippen LogP contribution is -2.20. The van der Waals surface area contributed by atoms with Gasteiger partial charge in [-0.3, -0.25) is 14.0 Å². The van der Waals surface area contributed by atoms with E-state index in [1.54, 1.807) is 43.3 Å². The van der Waals surface area contributed by atoms with Crippen molar-refractivity contribution >= 4 is 23.3 Å². The third-order valence-corrected chi connectivity index (χ3v) is 5.06. The van der Waals surface area contributed by atoms with E-state index in [2.05, 4.69) is 10.3 Å². The van der Waals surface area contributed by atoms with Crippen LogP contribution in [0.2, 0.25) is 0 Å². The van der Waals surface area contributed by atoms with Crippen LogP contribution in [0.1, 0.15) is 11.1 Å². The molecule has 35 heavy (non-hydrogen) atoms. The minimum absolute atomic E-state index is 0.116. The zero-order valence-electron chi connectivity index (χ0n) is 18.8. The van der Waals surface area contributed by atoms with Gasteiger partial charge in [-0.2, -0.15) is 10.2 Å². The van der Waals surface area contributed by atoms with Crippen LogP contribution in [0.3, 0.4) is 0 Å². The first-order chi connectivity index (χ1) is 16.9. The fourth-order valence-electron chi connectivity index (χ4n) is 3.30. The Bertz CT molecular complexity index is 1550. The van der Waals surface area contributed by atoms with Gasteiger partial charge >= 0.3 is 0 Å². The summed E-state index contributed by atoms with van der Waals surface area (Å²) >= 11 is 0. The van der Waals surface area contributed by atoms with Crippen molar-refractivity contribution < 1.29 is 18.7 Å². The van der Waals surface area contributed by atoms with E-state index in [0.717, 1.165) is 6.08 Å². The fourth-order valence-corrected chi connectivity index (χ4v) is 3.30. The second-order valence-electron chi connectivity index (χ2n) is 7.43. The predicted octanol–water partition coefficient (Wildman–Crippen LogP) is 4.49. The Labute approximate surface area is 199 Å². The molecule has 0 aliphatic heterocycles. The zero-order valence-corrected chi connectivity index (χ0v) is 18.8. The lowest BCUT2D eigenvalue weighted by atomic mass is 10.1. The van der Waals surface area contributed by atoms with Crippen LogP contribution >= 0.6 is 0 Å². The molecule has 8 nitrogen and oxygen atoms in total. The molecule has 0 aliphatic carbocycles. The summed E-state index contributed by atoms with van der Waals surface area (Å²) in [6, 6.07) is 17.1. The van der Waals surface area contributed by atoms with Crippen LogP contribution < -0.4 is 20.3 Å². The van der Waals surface area contributed by atoms with Gasteiger partial charge in [-0.05, 0) is 61.0 Å². The Morgan fingerprint density at radius 2 is 1.91 bits per heavy atom. The Kier molecular flexibility index (Phi) is 6.55. The number of carbonyl (C=O) groups excluding carboxylic acids is 1. The molecule has 174 valence electrons. The number of ether oxygens (including phenoxy) is 2. The van der Waals surface area contributed by atoms with Gasteiger partial charge in [0.15, 0.2) is 0 Å². The van der Waals surface area contributed by atoms with Gasteiger partial charge in [-0.1, -0.05) is 12.1 Å². The molecule has 9 heteroatoms. The number of carbonyl (C=O) groups is 1. The Morgan fingerprint density at radius 1 is 1.14 bits per heavy atom. The zero-order chi connectivity index (χ0) is 24.9. The van der Waals surface area contributed by atoms with Gasteiger partial charge in [0.25, 0.3) is 11.5 Å². The highest BCUT2D eigenvalue weighted by Crippen LogP contribution is 2.25. The molecule has 0 saturated heterocycles. The number of aryl methyl sites for hydroxylation is 1. The molecular weight excluding hydrogens is 451 g/mol. The number of aromatic nitrogens is 2. The summed E-state index contributed by atoms with van der Waals surface area (Å²) < 4.78 is 25.6. The fraction of sp³-hybridized carbons (Fsp3) is 0.0769. The highest BCUT2D eigenvalue weighted by Gasteiger charge is 2.18. The maximum absolute atomic E-state index is 13.3. The second-order valence-corrected chi connectivity index (χ2v) is 7.43. The molecule has 0 saturated carbocycles. The summed E-state index contributed by atoms with van der Waals surface area (Å²) in [6.45, 7) is 1.78. The molecule has 0 aliphatic rings. The lowest BCUT2D eigenvalue weighted by Gasteiger charge is -2.11. The number of hydrogen-bond donors (Lipinski definition) is 1. The van der Waals surface area contributed by atoms with Crippen molar-refractivity contribution in [2.75, 3.05) is 12.4 Å². The molecule has 2 heterocycles. The van der Waals surface area contributed by atoms with Gasteiger partial charge < -0.3 is 14.8 Å². The molecular formula is C26H19FN4O4. The van der Waals surface area contributed by atoms with E-state index in [0.29, 0.717) is 22.6 Å². The van der Waals surface area contributed by atoms with Crippen LogP contribution in [0.15, 0.2) is 77.2 Å². The van der Waals surface area contributed by atoms with E-state index in [9.17, 15) is 19.2 Å². The molecule has 0 spiro atoms. The molecule has 0 fully saturated rings. The SMILES string of the molecule is COc1cccc(NC(=O)/C(C#N)=C\c2c(Oc3ccc(F)cc3)nc3c(C)cccn3c2=O)c1. The number of pyridine rings is 1. The van der Waals surface area contributed by atoms with Crippen molar-refractivity contribution in [3.05, 3.63) is 99.7 Å². The average molecular weight is 470 g/mol. The van der Waals surface area contributed by atoms with Gasteiger partial charge in [0.2, 0.25) is 5.88 Å². The van der Waals surface area contributed by atoms with Gasteiger partial charge in [0.05, 0.1) is 7.11 Å². The maximum atomic E-state index is 13.3. The highest BCUT2D eigenvalue weighted by atomic mass is 19.1. The van der Waals surface area contributed by atoms with E-state index in [4.69, 9.17) is 9.47 Å². The number of halogens is 1. The topological polar surface area (TPSA) is 106 Å². The number of nitriles is 1. The van der Waals surface area contributed by atoms with E-state index >= 15 is 0 Å². The van der Waals surface area contributed by atoms with E-state index in [1.165, 1.54) is 42.0 Å². The Morgan fingerprint density at radius 3 is 2.63 bits per heavy atom. The standard InChI is InChI=1S/C26H19FN4O4/c1-16-5-4-12-31-23(16)30-25(35-20-10-8-18(27)9-11-20)22(26(31)33)13-17(15-28)24(32)29-19-6-3-7-21(14-19)34-2/h3-14H,1-2H3,(H,29,32)/b17-13-. The minimum Gasteiger partial charge on any atom is -0.497 e. The summed E-state index contributed by atoms with van der Waals surface area (Å²) in [5, 5.41) is 12.3. The van der Waals surface area contributed by atoms with Crippen molar-refractivity contribution in [1.82, 2.24) is 9.38 Å². The monoisotopic (exact) mass is 470 g/mol. The average Bonchev–Trinajstić information content (AvgIpc) is 2.86. The Balaban J connectivity index is 1.81. The number of hydrogen-bond acceptors (Lipinski definition) is 6. The van der Waals surface area contributed by atoms with Gasteiger partial charge in [-0.25, -0.2) is 4.39 Å². The van der Waals surface area contributed by atoms with Crippen LogP contribution in [0, 0.1) is 24.1 Å². The third-order valence-electron chi connectivity index (χ3n) is 5.06. The largest absolute Gasteiger partial charge is 0.497 e. The van der Waals surface area contributed by atoms with Crippen molar-refractivity contribution in [2.24, 2.45) is 0 Å². The first-order valence-electron chi connectivity index (χ1n) is 10.4. The summed E-state index contributed by atoms with van der Waals surface area (Å²) in [7, 11) is 1.49. The lowest BCUT2D eigenvalue weighted by molar-refractivity contribution is -0.112. The number of rotatable bonds is 6. The highest BCUT2D eigenvalue weighted by molar-refractivity contribution is 6.09. The molecule has 4 rings (SSSR count). The normalized spacial score (nSPS) is 11.1. The minimum atomic E-state index is -0.734. The molecule has 4 aromatic rings. The first-order valence-corrected chi connectivity index (χ1v) is 10.4. The molecule has 0 unspecified atom stereocenters. The van der Waals surface area contributed by atoms with Crippen LogP contribution in [0.5, 0.6) is 17.4 Å². The number of benzene rings is 2. The molecule has 2 aromatic carbocycles. The number of nitrogens with zero attached hydrogens (tertiary/aromatic N) is 3. The summed E-state index contributed by atoms with van der Waals surface area (Å²) in [6.07, 6.45) is 2.65. The number of anilines is 1. The summed E-state index contributed by atoms with van der Waals surface area (Å²) in [5.41, 5.74) is 0.449. The molecule has 1 N–H and O–H groups in total. The van der Waals surface area contributed by atoms with E-state index in [-0.39, 0.29) is 22.8 Å². The van der Waals surface area contributed by atoms with Crippen LogP contribution in [-0.2, 0) is 4.79 Å². The number of fused-ring (bicyclic) bond motifs is 1. The van der Waals surface area contributed by atoms with Crippen molar-refractivity contribution in [3.8, 4) is 23.4 Å². The first kappa shape index (κ1) is 23.2. The van der Waals surface area contributed by atoms with Gasteiger partial charge in [-0.15, -0.1) is 0 Å². The molecule has 0 bridgehead atoms.